The van der Waals surface area contributed by atoms with E-state index < -0.39 is 0 Å². The third-order valence-electron chi connectivity index (χ3n) is 3.87. The van der Waals surface area contributed by atoms with E-state index in [0.717, 1.165) is 30.6 Å². The first-order valence-electron chi connectivity index (χ1n) is 8.97. The van der Waals surface area contributed by atoms with Crippen LogP contribution in [0.2, 0.25) is 0 Å². The summed E-state index contributed by atoms with van der Waals surface area (Å²) >= 11 is 0. The predicted molar refractivity (Wildman–Crippen MR) is 103 cm³/mol. The summed E-state index contributed by atoms with van der Waals surface area (Å²) in [7, 11) is 0. The van der Waals surface area contributed by atoms with E-state index in [1.807, 2.05) is 30.3 Å². The van der Waals surface area contributed by atoms with Crippen LogP contribution in [0.4, 0.5) is 17.1 Å². The van der Waals surface area contributed by atoms with E-state index in [9.17, 15) is 9.59 Å². The van der Waals surface area contributed by atoms with Crippen molar-refractivity contribution >= 4 is 28.9 Å². The number of carbonyl (C=O) groups excluding carboxylic acids is 2. The van der Waals surface area contributed by atoms with Crippen LogP contribution in [0.15, 0.2) is 64.8 Å². The molecular weight excluding hydrogens is 344 g/mol. The Morgan fingerprint density at radius 2 is 1.30 bits per heavy atom. The molecule has 0 heterocycles. The van der Waals surface area contributed by atoms with Gasteiger partial charge in [-0.05, 0) is 49.2 Å². The Balaban J connectivity index is 1.67. The number of nitrogens with zero attached hydrogens (tertiary/aromatic N) is 2. The third-order valence-corrected chi connectivity index (χ3v) is 3.87. The molecule has 3 N–H and O–H groups in total. The van der Waals surface area contributed by atoms with E-state index >= 15 is 0 Å². The molecule has 2 aromatic rings. The molecule has 0 aliphatic rings. The van der Waals surface area contributed by atoms with Gasteiger partial charge < -0.3 is 5.32 Å². The molecule has 7 heteroatoms. The van der Waals surface area contributed by atoms with Gasteiger partial charge in [0.1, 0.15) is 0 Å². The summed E-state index contributed by atoms with van der Waals surface area (Å²) in [5.41, 5.74) is 3.82. The minimum absolute atomic E-state index is 0.0400. The van der Waals surface area contributed by atoms with E-state index in [1.54, 1.807) is 29.7 Å². The van der Waals surface area contributed by atoms with Crippen LogP contribution >= 0.6 is 0 Å². The number of unbranched alkanes of at least 4 members (excludes halogenated alkanes) is 3. The van der Waals surface area contributed by atoms with Crippen molar-refractivity contribution in [3.8, 4) is 0 Å². The fraction of sp³-hybridized carbons (Fsp3) is 0.300. The highest BCUT2D eigenvalue weighted by Crippen LogP contribution is 2.20. The van der Waals surface area contributed by atoms with Crippen LogP contribution in [0.3, 0.4) is 0 Å². The molecule has 142 valence electrons. The summed E-state index contributed by atoms with van der Waals surface area (Å²) in [6, 6.07) is 16.7. The van der Waals surface area contributed by atoms with E-state index in [4.69, 9.17) is 5.21 Å². The van der Waals surface area contributed by atoms with Crippen molar-refractivity contribution in [2.24, 2.45) is 10.2 Å². The van der Waals surface area contributed by atoms with Gasteiger partial charge in [0.15, 0.2) is 0 Å². The smallest absolute Gasteiger partial charge is 0.243 e. The van der Waals surface area contributed by atoms with Crippen molar-refractivity contribution in [3.05, 3.63) is 54.6 Å². The van der Waals surface area contributed by atoms with Crippen molar-refractivity contribution in [2.45, 2.75) is 38.5 Å². The zero-order valence-electron chi connectivity index (χ0n) is 15.1. The molecule has 0 aromatic heterocycles. The Kier molecular flexibility index (Phi) is 8.65. The highest BCUT2D eigenvalue weighted by Gasteiger charge is 2.03. The fourth-order valence-corrected chi connectivity index (χ4v) is 2.43. The number of amides is 2. The van der Waals surface area contributed by atoms with E-state index in [-0.39, 0.29) is 11.8 Å². The van der Waals surface area contributed by atoms with Gasteiger partial charge in [0.25, 0.3) is 0 Å². The maximum atomic E-state index is 11.9. The number of azo groups is 1. The molecule has 0 aliphatic heterocycles. The van der Waals surface area contributed by atoms with E-state index in [1.165, 1.54) is 0 Å². The maximum Gasteiger partial charge on any atom is 0.243 e. The lowest BCUT2D eigenvalue weighted by Crippen LogP contribution is -2.17. The predicted octanol–water partition coefficient (Wildman–Crippen LogP) is 4.89. The number of hydrogen-bond acceptors (Lipinski definition) is 5. The van der Waals surface area contributed by atoms with Crippen molar-refractivity contribution in [1.82, 2.24) is 5.48 Å². The third kappa shape index (κ3) is 8.24. The lowest BCUT2D eigenvalue weighted by Gasteiger charge is -2.05. The molecule has 0 aliphatic carbocycles. The van der Waals surface area contributed by atoms with E-state index in [2.05, 4.69) is 15.5 Å². The molecule has 2 rings (SSSR count). The summed E-state index contributed by atoms with van der Waals surface area (Å²) in [5, 5.41) is 19.5. The van der Waals surface area contributed by atoms with Gasteiger partial charge >= 0.3 is 0 Å². The van der Waals surface area contributed by atoms with Crippen molar-refractivity contribution < 1.29 is 14.8 Å². The topological polar surface area (TPSA) is 103 Å². The molecular formula is C20H24N4O3. The molecule has 0 saturated heterocycles. The normalized spacial score (nSPS) is 10.7. The van der Waals surface area contributed by atoms with Crippen molar-refractivity contribution in [3.63, 3.8) is 0 Å². The number of benzene rings is 2. The molecule has 0 radical (unpaired) electrons. The standard InChI is InChI=1S/C20H24N4O3/c25-19(10-6-1-2-7-11-20(26)24-27)21-16-12-14-18(15-13-16)23-22-17-8-4-3-5-9-17/h3-5,8-9,12-15,27H,1-2,6-7,10-11H2,(H,21,25)(H,24,26). The van der Waals surface area contributed by atoms with Gasteiger partial charge in [-0.2, -0.15) is 10.2 Å². The SMILES string of the molecule is O=C(CCCCCCC(=O)Nc1ccc(N=Nc2ccccc2)cc1)NO. The second kappa shape index (κ2) is 11.5. The number of carbonyl (C=O) groups is 2. The van der Waals surface area contributed by atoms with Gasteiger partial charge in [0, 0.05) is 18.5 Å². The van der Waals surface area contributed by atoms with Gasteiger partial charge in [-0.25, -0.2) is 5.48 Å². The van der Waals surface area contributed by atoms with Gasteiger partial charge in [0.2, 0.25) is 11.8 Å². The Morgan fingerprint density at radius 3 is 1.89 bits per heavy atom. The first-order chi connectivity index (χ1) is 13.2. The van der Waals surface area contributed by atoms with Gasteiger partial charge in [-0.1, -0.05) is 31.0 Å². The summed E-state index contributed by atoms with van der Waals surface area (Å²) < 4.78 is 0. The molecule has 7 nitrogen and oxygen atoms in total. The van der Waals surface area contributed by atoms with Gasteiger partial charge in [0.05, 0.1) is 11.4 Å². The molecule has 0 unspecified atom stereocenters. The zero-order valence-corrected chi connectivity index (χ0v) is 15.1. The highest BCUT2D eigenvalue weighted by molar-refractivity contribution is 5.90. The Bertz CT molecular complexity index is 746. The van der Waals surface area contributed by atoms with Gasteiger partial charge in [-0.15, -0.1) is 0 Å². The van der Waals surface area contributed by atoms with Crippen LogP contribution in [0.5, 0.6) is 0 Å². The Labute approximate surface area is 158 Å². The lowest BCUT2D eigenvalue weighted by molar-refractivity contribution is -0.129. The average Bonchev–Trinajstić information content (AvgIpc) is 2.70. The number of hydrogen-bond donors (Lipinski definition) is 3. The summed E-state index contributed by atoms with van der Waals surface area (Å²) in [4.78, 5) is 22.8. The summed E-state index contributed by atoms with van der Waals surface area (Å²) in [6.07, 6.45) is 3.91. The number of rotatable bonds is 10. The second-order valence-electron chi connectivity index (χ2n) is 6.08. The largest absolute Gasteiger partial charge is 0.326 e. The molecule has 27 heavy (non-hydrogen) atoms. The van der Waals surface area contributed by atoms with Crippen LogP contribution in [0.25, 0.3) is 0 Å². The summed E-state index contributed by atoms with van der Waals surface area (Å²) in [6.45, 7) is 0. The lowest BCUT2D eigenvalue weighted by atomic mass is 10.1. The first kappa shape index (κ1) is 20.3. The quantitative estimate of drug-likeness (QED) is 0.241. The number of hydroxylamine groups is 1. The Morgan fingerprint density at radius 1 is 0.741 bits per heavy atom. The van der Waals surface area contributed by atoms with Crippen LogP contribution in [-0.2, 0) is 9.59 Å². The van der Waals surface area contributed by atoms with Gasteiger partial charge in [-0.3, -0.25) is 14.8 Å². The molecule has 0 spiro atoms. The van der Waals surface area contributed by atoms with Crippen LogP contribution in [0, 0.1) is 0 Å². The fourth-order valence-electron chi connectivity index (χ4n) is 2.43. The van der Waals surface area contributed by atoms with Crippen LogP contribution < -0.4 is 10.8 Å². The van der Waals surface area contributed by atoms with E-state index in [0.29, 0.717) is 24.9 Å². The Hall–Kier alpha value is -3.06. The minimum atomic E-state index is -0.375. The zero-order chi connectivity index (χ0) is 19.3. The average molecular weight is 368 g/mol. The molecule has 2 amide bonds. The minimum Gasteiger partial charge on any atom is -0.326 e. The van der Waals surface area contributed by atoms with Crippen molar-refractivity contribution in [2.75, 3.05) is 5.32 Å². The van der Waals surface area contributed by atoms with Crippen LogP contribution in [-0.4, -0.2) is 17.0 Å². The molecule has 0 atom stereocenters. The first-order valence-corrected chi connectivity index (χ1v) is 8.97. The number of nitrogens with one attached hydrogen (secondary N) is 2. The second-order valence-corrected chi connectivity index (χ2v) is 6.08. The molecule has 0 fully saturated rings. The maximum absolute atomic E-state index is 11.9. The highest BCUT2D eigenvalue weighted by atomic mass is 16.5. The summed E-state index contributed by atoms with van der Waals surface area (Å²) in [5.74, 6) is -0.416. The van der Waals surface area contributed by atoms with Crippen LogP contribution in [0.1, 0.15) is 38.5 Å². The number of anilines is 1. The molecule has 0 saturated carbocycles. The monoisotopic (exact) mass is 368 g/mol. The van der Waals surface area contributed by atoms with Crippen molar-refractivity contribution in [1.29, 1.82) is 0 Å². The molecule has 0 bridgehead atoms. The molecule has 2 aromatic carbocycles.